The Morgan fingerprint density at radius 3 is 2.86 bits per heavy atom. The van der Waals surface area contributed by atoms with Crippen LogP contribution in [-0.2, 0) is 0 Å². The zero-order valence-electron chi connectivity index (χ0n) is 15.1. The number of benzene rings is 2. The van der Waals surface area contributed by atoms with Crippen molar-refractivity contribution in [1.29, 1.82) is 0 Å². The number of rotatable bonds is 3. The van der Waals surface area contributed by atoms with Gasteiger partial charge in [0.1, 0.15) is 23.3 Å². The Balaban J connectivity index is 1.82. The van der Waals surface area contributed by atoms with Gasteiger partial charge in [-0.2, -0.15) is 9.78 Å². The van der Waals surface area contributed by atoms with Gasteiger partial charge in [-0.05, 0) is 40.3 Å². The van der Waals surface area contributed by atoms with Crippen LogP contribution in [0.25, 0.3) is 11.3 Å². The van der Waals surface area contributed by atoms with Crippen LogP contribution in [0.4, 0.5) is 16.0 Å². The minimum absolute atomic E-state index is 0.259. The van der Waals surface area contributed by atoms with E-state index >= 15 is 0 Å². The lowest BCUT2D eigenvalue weighted by molar-refractivity contribution is 0.415. The van der Waals surface area contributed by atoms with Gasteiger partial charge in [0.2, 0.25) is 5.95 Å². The molecule has 1 atom stereocenters. The summed E-state index contributed by atoms with van der Waals surface area (Å²) in [5.41, 5.74) is 2.17. The molecule has 0 unspecified atom stereocenters. The molecule has 1 aliphatic heterocycles. The molecule has 5 rings (SSSR count). The molecule has 0 bridgehead atoms. The van der Waals surface area contributed by atoms with Crippen LogP contribution < -0.4 is 15.6 Å². The van der Waals surface area contributed by atoms with E-state index in [4.69, 9.17) is 4.74 Å². The number of nitrogens with zero attached hydrogens (tertiary/aromatic N) is 5. The molecule has 0 saturated carbocycles. The highest BCUT2D eigenvalue weighted by Gasteiger charge is 2.34. The van der Waals surface area contributed by atoms with Crippen molar-refractivity contribution in [2.75, 3.05) is 12.4 Å². The summed E-state index contributed by atoms with van der Waals surface area (Å²) in [6.07, 6.45) is 0. The van der Waals surface area contributed by atoms with Crippen molar-refractivity contribution < 1.29 is 9.13 Å². The smallest absolute Gasteiger partial charge is 0.288 e. The summed E-state index contributed by atoms with van der Waals surface area (Å²) >= 11 is 0. The fourth-order valence-electron chi connectivity index (χ4n) is 3.51. The number of tetrazole rings is 1. The Morgan fingerprint density at radius 2 is 2.03 bits per heavy atom. The van der Waals surface area contributed by atoms with Crippen molar-refractivity contribution in [2.24, 2.45) is 0 Å². The van der Waals surface area contributed by atoms with E-state index in [2.05, 4.69) is 31.0 Å². The molecule has 0 saturated heterocycles. The lowest BCUT2D eigenvalue weighted by Gasteiger charge is -2.27. The third-order valence-corrected chi connectivity index (χ3v) is 4.78. The number of aromatic nitrogens is 6. The zero-order valence-corrected chi connectivity index (χ0v) is 15.1. The van der Waals surface area contributed by atoms with Crippen LogP contribution >= 0.6 is 0 Å². The molecule has 0 spiro atoms. The molecule has 2 aromatic heterocycles. The Morgan fingerprint density at radius 1 is 1.17 bits per heavy atom. The monoisotopic (exact) mass is 391 g/mol. The first kappa shape index (κ1) is 17.0. The van der Waals surface area contributed by atoms with E-state index in [1.807, 2.05) is 18.2 Å². The van der Waals surface area contributed by atoms with Gasteiger partial charge in [-0.15, -0.1) is 0 Å². The second kappa shape index (κ2) is 6.51. The number of hydrogen-bond acceptors (Lipinski definition) is 7. The summed E-state index contributed by atoms with van der Waals surface area (Å²) in [4.78, 5) is 12.6. The van der Waals surface area contributed by atoms with Crippen LogP contribution in [0.2, 0.25) is 0 Å². The van der Waals surface area contributed by atoms with Gasteiger partial charge in [-0.1, -0.05) is 29.4 Å². The number of hydrogen-bond donors (Lipinski definition) is 2. The van der Waals surface area contributed by atoms with Crippen LogP contribution in [0.5, 0.6) is 5.75 Å². The van der Waals surface area contributed by atoms with Gasteiger partial charge in [0, 0.05) is 11.1 Å². The summed E-state index contributed by atoms with van der Waals surface area (Å²) in [5, 5.41) is 21.4. The number of H-pyrrole nitrogens is 1. The van der Waals surface area contributed by atoms with Gasteiger partial charge in [0.25, 0.3) is 5.56 Å². The van der Waals surface area contributed by atoms with Crippen molar-refractivity contribution in [3.63, 3.8) is 0 Å². The Bertz CT molecular complexity index is 1280. The minimum atomic E-state index is -0.650. The molecule has 2 N–H and O–H groups in total. The standard InChI is InChI=1S/C19H14FN7O2/c1-29-13-7-3-4-10(9-13)15-14-16(18(28)23-22-15)21-19-24-25-26-27(19)17(14)11-5-2-6-12(20)8-11/h2-9,17H,1H3,(H,23,28)(H,21,24,26)/t17-/m0/s1. The maximum absolute atomic E-state index is 14.0. The lowest BCUT2D eigenvalue weighted by atomic mass is 9.92. The summed E-state index contributed by atoms with van der Waals surface area (Å²) in [6, 6.07) is 12.7. The number of anilines is 2. The fourth-order valence-corrected chi connectivity index (χ4v) is 3.51. The largest absolute Gasteiger partial charge is 0.497 e. The second-order valence-corrected chi connectivity index (χ2v) is 6.45. The van der Waals surface area contributed by atoms with Crippen LogP contribution in [0, 0.1) is 5.82 Å². The average Bonchev–Trinajstić information content (AvgIpc) is 3.21. The number of methoxy groups -OCH3 is 1. The SMILES string of the molecule is COc1cccc(-c2n[nH]c(=O)c3c2[C@H](c2cccc(F)c2)n2nnnc2N3)c1. The highest BCUT2D eigenvalue weighted by molar-refractivity contribution is 5.76. The molecule has 29 heavy (non-hydrogen) atoms. The third kappa shape index (κ3) is 2.73. The van der Waals surface area contributed by atoms with E-state index in [0.717, 1.165) is 5.56 Å². The lowest BCUT2D eigenvalue weighted by Crippen LogP contribution is -2.29. The maximum Gasteiger partial charge on any atom is 0.288 e. The van der Waals surface area contributed by atoms with Gasteiger partial charge >= 0.3 is 0 Å². The molecule has 10 heteroatoms. The Labute approximate surface area is 163 Å². The molecule has 3 heterocycles. The first-order valence-electron chi connectivity index (χ1n) is 8.73. The average molecular weight is 391 g/mol. The molecule has 1 aliphatic rings. The molecule has 0 amide bonds. The Hall–Kier alpha value is -4.08. The van der Waals surface area contributed by atoms with Gasteiger partial charge in [0.05, 0.1) is 12.8 Å². The van der Waals surface area contributed by atoms with Crippen molar-refractivity contribution >= 4 is 11.6 Å². The van der Waals surface area contributed by atoms with E-state index in [9.17, 15) is 9.18 Å². The molecule has 0 aliphatic carbocycles. The van der Waals surface area contributed by atoms with Crippen LogP contribution in [0.15, 0.2) is 53.3 Å². The third-order valence-electron chi connectivity index (χ3n) is 4.78. The highest BCUT2D eigenvalue weighted by atomic mass is 19.1. The van der Waals surface area contributed by atoms with Crippen molar-refractivity contribution in [3.8, 4) is 17.0 Å². The zero-order chi connectivity index (χ0) is 20.0. The number of fused-ring (bicyclic) bond motifs is 2. The maximum atomic E-state index is 14.0. The number of ether oxygens (including phenoxy) is 1. The topological polar surface area (TPSA) is 111 Å². The second-order valence-electron chi connectivity index (χ2n) is 6.45. The van der Waals surface area contributed by atoms with Gasteiger partial charge in [-0.3, -0.25) is 4.79 Å². The summed E-state index contributed by atoms with van der Waals surface area (Å²) in [6.45, 7) is 0. The van der Waals surface area contributed by atoms with Crippen LogP contribution in [0.3, 0.4) is 0 Å². The molecule has 0 fully saturated rings. The molecular formula is C19H14FN7O2. The van der Waals surface area contributed by atoms with E-state index in [0.29, 0.717) is 22.6 Å². The summed E-state index contributed by atoms with van der Waals surface area (Å²) in [7, 11) is 1.57. The quantitative estimate of drug-likeness (QED) is 0.485. The van der Waals surface area contributed by atoms with E-state index in [1.165, 1.54) is 16.8 Å². The number of halogens is 1. The van der Waals surface area contributed by atoms with E-state index < -0.39 is 17.4 Å². The van der Waals surface area contributed by atoms with Crippen molar-refractivity contribution in [2.45, 2.75) is 6.04 Å². The summed E-state index contributed by atoms with van der Waals surface area (Å²) in [5.74, 6) is 0.511. The fraction of sp³-hybridized carbons (Fsp3) is 0.105. The predicted octanol–water partition coefficient (Wildman–Crippen LogP) is 2.27. The molecule has 0 radical (unpaired) electrons. The first-order chi connectivity index (χ1) is 14.2. The van der Waals surface area contributed by atoms with E-state index in [1.54, 1.807) is 25.3 Å². The molecule has 144 valence electrons. The molecular weight excluding hydrogens is 377 g/mol. The van der Waals surface area contributed by atoms with Gasteiger partial charge in [0.15, 0.2) is 0 Å². The number of nitrogens with one attached hydrogen (secondary N) is 2. The first-order valence-corrected chi connectivity index (χ1v) is 8.73. The number of aromatic amines is 1. The van der Waals surface area contributed by atoms with Crippen LogP contribution in [-0.4, -0.2) is 37.5 Å². The van der Waals surface area contributed by atoms with Crippen molar-refractivity contribution in [3.05, 3.63) is 75.8 Å². The summed E-state index contributed by atoms with van der Waals surface area (Å²) < 4.78 is 20.8. The van der Waals surface area contributed by atoms with Crippen LogP contribution in [0.1, 0.15) is 17.2 Å². The minimum Gasteiger partial charge on any atom is -0.497 e. The molecule has 9 nitrogen and oxygen atoms in total. The van der Waals surface area contributed by atoms with Gasteiger partial charge in [-0.25, -0.2) is 9.49 Å². The Kier molecular flexibility index (Phi) is 3.83. The predicted molar refractivity (Wildman–Crippen MR) is 102 cm³/mol. The normalized spacial score (nSPS) is 14.6. The molecule has 4 aromatic rings. The van der Waals surface area contributed by atoms with Crippen molar-refractivity contribution in [1.82, 2.24) is 30.4 Å². The molecule has 2 aromatic carbocycles. The van der Waals surface area contributed by atoms with E-state index in [-0.39, 0.29) is 11.6 Å². The van der Waals surface area contributed by atoms with Gasteiger partial charge < -0.3 is 10.1 Å². The highest BCUT2D eigenvalue weighted by Crippen LogP contribution is 2.41.